The molecule has 0 saturated carbocycles. The summed E-state index contributed by atoms with van der Waals surface area (Å²) in [6.07, 6.45) is 0.833. The van der Waals surface area contributed by atoms with Crippen molar-refractivity contribution in [3.05, 3.63) is 35.9 Å². The van der Waals surface area contributed by atoms with Crippen LogP contribution in [-0.4, -0.2) is 54.7 Å². The van der Waals surface area contributed by atoms with E-state index >= 15 is 0 Å². The van der Waals surface area contributed by atoms with Gasteiger partial charge in [-0.25, -0.2) is 4.79 Å². The molecule has 0 unspecified atom stereocenters. The highest BCUT2D eigenvalue weighted by atomic mass is 16.6. The van der Waals surface area contributed by atoms with Gasteiger partial charge in [-0.2, -0.15) is 0 Å². The number of rotatable bonds is 7. The molecule has 0 radical (unpaired) electrons. The molecule has 1 aromatic rings. The zero-order chi connectivity index (χ0) is 16.7. The van der Waals surface area contributed by atoms with Crippen molar-refractivity contribution in [2.75, 3.05) is 32.7 Å². The van der Waals surface area contributed by atoms with Crippen LogP contribution in [-0.2, 0) is 11.3 Å². The number of carbonyl (C=O) groups excluding carboxylic acids is 1. The van der Waals surface area contributed by atoms with Gasteiger partial charge in [0.15, 0.2) is 0 Å². The Kier molecular flexibility index (Phi) is 6.86. The number of hydrogen-bond donors (Lipinski definition) is 1. The first-order valence-electron chi connectivity index (χ1n) is 8.50. The predicted octanol–water partition coefficient (Wildman–Crippen LogP) is 2.31. The number of ether oxygens (including phenoxy) is 1. The number of amides is 1. The first-order valence-corrected chi connectivity index (χ1v) is 8.50. The third-order valence-electron chi connectivity index (χ3n) is 4.39. The molecule has 1 aliphatic heterocycles. The van der Waals surface area contributed by atoms with Crippen LogP contribution in [0.25, 0.3) is 0 Å². The Morgan fingerprint density at radius 1 is 1.39 bits per heavy atom. The van der Waals surface area contributed by atoms with Gasteiger partial charge in [0.05, 0.1) is 0 Å². The maximum atomic E-state index is 12.2. The van der Waals surface area contributed by atoms with Gasteiger partial charge in [-0.15, -0.1) is 0 Å². The van der Waals surface area contributed by atoms with Crippen molar-refractivity contribution in [1.82, 2.24) is 9.80 Å². The van der Waals surface area contributed by atoms with E-state index in [1.54, 1.807) is 0 Å². The van der Waals surface area contributed by atoms with Gasteiger partial charge < -0.3 is 15.4 Å². The number of likely N-dealkylation sites (tertiary alicyclic amines) is 1. The van der Waals surface area contributed by atoms with Crippen molar-refractivity contribution in [2.24, 2.45) is 11.7 Å². The molecule has 128 valence electrons. The molecule has 0 aliphatic carbocycles. The Morgan fingerprint density at radius 3 is 2.78 bits per heavy atom. The second-order valence-electron chi connectivity index (χ2n) is 6.52. The molecule has 2 N–H and O–H groups in total. The Morgan fingerprint density at radius 2 is 2.13 bits per heavy atom. The summed E-state index contributed by atoms with van der Waals surface area (Å²) in [5, 5.41) is 0. The van der Waals surface area contributed by atoms with E-state index in [9.17, 15) is 4.79 Å². The Balaban J connectivity index is 1.76. The molecule has 1 saturated heterocycles. The lowest BCUT2D eigenvalue weighted by atomic mass is 10.1. The van der Waals surface area contributed by atoms with Gasteiger partial charge in [-0.05, 0) is 31.7 Å². The highest BCUT2D eigenvalue weighted by molar-refractivity contribution is 5.68. The largest absolute Gasteiger partial charge is 0.445 e. The number of nitrogens with zero attached hydrogens (tertiary/aromatic N) is 2. The first kappa shape index (κ1) is 17.8. The summed E-state index contributed by atoms with van der Waals surface area (Å²) in [6, 6.07) is 10.3. The molecule has 23 heavy (non-hydrogen) atoms. The van der Waals surface area contributed by atoms with Gasteiger partial charge >= 0.3 is 6.09 Å². The lowest BCUT2D eigenvalue weighted by Crippen LogP contribution is -2.40. The Bertz CT molecular complexity index is 478. The van der Waals surface area contributed by atoms with Gasteiger partial charge in [0.25, 0.3) is 0 Å². The molecule has 1 heterocycles. The Hall–Kier alpha value is -1.59. The number of carbonyl (C=O) groups is 1. The van der Waals surface area contributed by atoms with Crippen molar-refractivity contribution in [2.45, 2.75) is 32.9 Å². The maximum absolute atomic E-state index is 12.2. The highest BCUT2D eigenvalue weighted by Gasteiger charge is 2.28. The van der Waals surface area contributed by atoms with Gasteiger partial charge in [-0.1, -0.05) is 30.3 Å². The molecule has 2 rings (SSSR count). The van der Waals surface area contributed by atoms with Crippen LogP contribution >= 0.6 is 0 Å². The van der Waals surface area contributed by atoms with Crippen molar-refractivity contribution >= 4 is 6.09 Å². The Labute approximate surface area is 139 Å². The molecular formula is C18H29N3O2. The number of benzene rings is 1. The van der Waals surface area contributed by atoms with Crippen LogP contribution < -0.4 is 5.73 Å². The highest BCUT2D eigenvalue weighted by Crippen LogP contribution is 2.19. The summed E-state index contributed by atoms with van der Waals surface area (Å²) in [7, 11) is 0. The van der Waals surface area contributed by atoms with E-state index in [1.165, 1.54) is 0 Å². The van der Waals surface area contributed by atoms with E-state index in [-0.39, 0.29) is 6.09 Å². The second kappa shape index (κ2) is 8.89. The summed E-state index contributed by atoms with van der Waals surface area (Å²) in [4.78, 5) is 16.4. The van der Waals surface area contributed by atoms with Gasteiger partial charge in [-0.3, -0.25) is 4.90 Å². The van der Waals surface area contributed by atoms with E-state index < -0.39 is 0 Å². The molecular weight excluding hydrogens is 290 g/mol. The van der Waals surface area contributed by atoms with E-state index in [0.29, 0.717) is 25.1 Å². The molecule has 1 amide bonds. The van der Waals surface area contributed by atoms with Crippen LogP contribution in [0.15, 0.2) is 30.3 Å². The molecule has 1 aromatic carbocycles. The molecule has 1 atom stereocenters. The fraction of sp³-hybridized carbons (Fsp3) is 0.611. The van der Waals surface area contributed by atoms with Crippen molar-refractivity contribution in [3.63, 3.8) is 0 Å². The fourth-order valence-corrected chi connectivity index (χ4v) is 3.02. The zero-order valence-corrected chi connectivity index (χ0v) is 14.3. The third kappa shape index (κ3) is 5.52. The van der Waals surface area contributed by atoms with Crippen LogP contribution in [0.1, 0.15) is 25.8 Å². The van der Waals surface area contributed by atoms with Crippen LogP contribution in [0, 0.1) is 5.92 Å². The van der Waals surface area contributed by atoms with Gasteiger partial charge in [0.2, 0.25) is 0 Å². The molecule has 5 heteroatoms. The van der Waals surface area contributed by atoms with Crippen LogP contribution in [0.2, 0.25) is 0 Å². The molecule has 1 fully saturated rings. The quantitative estimate of drug-likeness (QED) is 0.838. The lowest BCUT2D eigenvalue weighted by Gasteiger charge is -2.28. The smallest absolute Gasteiger partial charge is 0.410 e. The van der Waals surface area contributed by atoms with Crippen LogP contribution in [0.5, 0.6) is 0 Å². The summed E-state index contributed by atoms with van der Waals surface area (Å²) in [5.41, 5.74) is 6.70. The van der Waals surface area contributed by atoms with E-state index in [4.69, 9.17) is 10.5 Å². The summed E-state index contributed by atoms with van der Waals surface area (Å²) in [5.74, 6) is 0.508. The van der Waals surface area contributed by atoms with Gasteiger partial charge in [0, 0.05) is 38.8 Å². The van der Waals surface area contributed by atoms with E-state index in [2.05, 4.69) is 18.7 Å². The van der Waals surface area contributed by atoms with E-state index in [1.807, 2.05) is 35.2 Å². The topological polar surface area (TPSA) is 58.8 Å². The minimum Gasteiger partial charge on any atom is -0.445 e. The normalized spacial score (nSPS) is 18.0. The van der Waals surface area contributed by atoms with E-state index in [0.717, 1.165) is 38.2 Å². The predicted molar refractivity (Wildman–Crippen MR) is 92.1 cm³/mol. The van der Waals surface area contributed by atoms with Crippen LogP contribution in [0.4, 0.5) is 4.79 Å². The van der Waals surface area contributed by atoms with Crippen molar-refractivity contribution in [3.8, 4) is 0 Å². The zero-order valence-electron chi connectivity index (χ0n) is 14.3. The average Bonchev–Trinajstić information content (AvgIpc) is 3.02. The summed E-state index contributed by atoms with van der Waals surface area (Å²) >= 11 is 0. The third-order valence-corrected chi connectivity index (χ3v) is 4.39. The standard InChI is InChI=1S/C18H29N3O2/c1-15(2)20(11-9-19)12-17-8-10-21(13-17)18(22)23-14-16-6-4-3-5-7-16/h3-7,15,17H,8-14,19H2,1-2H3/t17-/m1/s1. The SMILES string of the molecule is CC(C)N(CCN)C[C@H]1CCN(C(=O)OCc2ccccc2)C1. The molecule has 1 aliphatic rings. The minimum atomic E-state index is -0.203. The minimum absolute atomic E-state index is 0.203. The maximum Gasteiger partial charge on any atom is 0.410 e. The van der Waals surface area contributed by atoms with Crippen molar-refractivity contribution in [1.29, 1.82) is 0 Å². The molecule has 0 spiro atoms. The molecule has 0 aromatic heterocycles. The lowest BCUT2D eigenvalue weighted by molar-refractivity contribution is 0.101. The first-order chi connectivity index (χ1) is 11.1. The van der Waals surface area contributed by atoms with Crippen molar-refractivity contribution < 1.29 is 9.53 Å². The molecule has 5 nitrogen and oxygen atoms in total. The summed E-state index contributed by atoms with van der Waals surface area (Å²) < 4.78 is 5.41. The average molecular weight is 319 g/mol. The van der Waals surface area contributed by atoms with Gasteiger partial charge in [0.1, 0.15) is 6.61 Å². The van der Waals surface area contributed by atoms with Crippen LogP contribution in [0.3, 0.4) is 0 Å². The summed E-state index contributed by atoms with van der Waals surface area (Å²) in [6.45, 7) is 8.87. The molecule has 0 bridgehead atoms. The number of nitrogens with two attached hydrogens (primary N) is 1. The number of hydrogen-bond acceptors (Lipinski definition) is 4. The second-order valence-corrected chi connectivity index (χ2v) is 6.52. The monoisotopic (exact) mass is 319 g/mol. The fourth-order valence-electron chi connectivity index (χ4n) is 3.02.